The first-order valence-corrected chi connectivity index (χ1v) is 9.67. The largest absolute Gasteiger partial charge is 0.303 e. The monoisotopic (exact) mass is 295 g/mol. The SMILES string of the molecule is CCCCCC/C=C/C(CC)CN(CCCC)CCCC. The van der Waals surface area contributed by atoms with Crippen molar-refractivity contribution >= 4 is 0 Å². The highest BCUT2D eigenvalue weighted by atomic mass is 15.1. The van der Waals surface area contributed by atoms with E-state index in [1.54, 1.807) is 0 Å². The second kappa shape index (κ2) is 16.1. The average molecular weight is 296 g/mol. The van der Waals surface area contributed by atoms with Crippen molar-refractivity contribution in [3.05, 3.63) is 12.2 Å². The van der Waals surface area contributed by atoms with E-state index >= 15 is 0 Å². The van der Waals surface area contributed by atoms with Crippen molar-refractivity contribution in [2.45, 2.75) is 91.9 Å². The molecular formula is C20H41N. The van der Waals surface area contributed by atoms with Crippen LogP contribution in [0.4, 0.5) is 0 Å². The second-order valence-electron chi connectivity index (χ2n) is 6.45. The Morgan fingerprint density at radius 3 is 1.90 bits per heavy atom. The zero-order valence-corrected chi connectivity index (χ0v) is 15.4. The lowest BCUT2D eigenvalue weighted by molar-refractivity contribution is 0.238. The van der Waals surface area contributed by atoms with Gasteiger partial charge in [-0.25, -0.2) is 0 Å². The minimum absolute atomic E-state index is 0.755. The Morgan fingerprint density at radius 2 is 1.38 bits per heavy atom. The molecule has 0 saturated heterocycles. The highest BCUT2D eigenvalue weighted by Crippen LogP contribution is 2.11. The molecule has 0 bridgehead atoms. The topological polar surface area (TPSA) is 3.24 Å². The molecule has 126 valence electrons. The highest BCUT2D eigenvalue weighted by molar-refractivity contribution is 4.89. The van der Waals surface area contributed by atoms with Gasteiger partial charge < -0.3 is 4.90 Å². The molecule has 0 N–H and O–H groups in total. The molecule has 1 nitrogen and oxygen atoms in total. The molecule has 0 aromatic rings. The molecule has 0 radical (unpaired) electrons. The van der Waals surface area contributed by atoms with E-state index in [9.17, 15) is 0 Å². The van der Waals surface area contributed by atoms with E-state index in [4.69, 9.17) is 0 Å². The fraction of sp³-hybridized carbons (Fsp3) is 0.900. The second-order valence-corrected chi connectivity index (χ2v) is 6.45. The summed E-state index contributed by atoms with van der Waals surface area (Å²) in [4.78, 5) is 2.70. The first kappa shape index (κ1) is 20.7. The standard InChI is InChI=1S/C20H41N/c1-5-9-12-13-14-15-16-20(8-4)19-21(17-10-6-2)18-11-7-3/h15-16,20H,5-14,17-19H2,1-4H3/b16-15+. The van der Waals surface area contributed by atoms with Gasteiger partial charge in [-0.15, -0.1) is 0 Å². The van der Waals surface area contributed by atoms with Crippen LogP contribution in [0, 0.1) is 5.92 Å². The third kappa shape index (κ3) is 13.1. The number of hydrogen-bond acceptors (Lipinski definition) is 1. The third-order valence-electron chi connectivity index (χ3n) is 4.31. The van der Waals surface area contributed by atoms with Crippen LogP contribution in [0.2, 0.25) is 0 Å². The molecule has 0 aromatic carbocycles. The Morgan fingerprint density at radius 1 is 0.762 bits per heavy atom. The molecule has 1 heteroatoms. The molecule has 0 fully saturated rings. The van der Waals surface area contributed by atoms with Gasteiger partial charge in [-0.2, -0.15) is 0 Å². The van der Waals surface area contributed by atoms with E-state index in [-0.39, 0.29) is 0 Å². The number of hydrogen-bond donors (Lipinski definition) is 0. The summed E-state index contributed by atoms with van der Waals surface area (Å²) in [6.45, 7) is 13.1. The molecule has 0 saturated carbocycles. The summed E-state index contributed by atoms with van der Waals surface area (Å²) in [5.41, 5.74) is 0. The maximum absolute atomic E-state index is 2.70. The maximum Gasteiger partial charge on any atom is 0.00442 e. The van der Waals surface area contributed by atoms with Gasteiger partial charge in [-0.3, -0.25) is 0 Å². The van der Waals surface area contributed by atoms with E-state index in [1.807, 2.05) is 0 Å². The van der Waals surface area contributed by atoms with Gasteiger partial charge in [-0.1, -0.05) is 72.0 Å². The average Bonchev–Trinajstić information content (AvgIpc) is 2.51. The maximum atomic E-state index is 2.70. The molecule has 0 heterocycles. The van der Waals surface area contributed by atoms with Crippen LogP contribution in [-0.4, -0.2) is 24.5 Å². The predicted octanol–water partition coefficient (Wildman–Crippen LogP) is 6.44. The predicted molar refractivity (Wildman–Crippen MR) is 97.9 cm³/mol. The summed E-state index contributed by atoms with van der Waals surface area (Å²) in [6, 6.07) is 0. The van der Waals surface area contributed by atoms with Gasteiger partial charge in [0.15, 0.2) is 0 Å². The highest BCUT2D eigenvalue weighted by Gasteiger charge is 2.09. The van der Waals surface area contributed by atoms with Crippen molar-refractivity contribution in [1.29, 1.82) is 0 Å². The van der Waals surface area contributed by atoms with E-state index in [0.717, 1.165) is 5.92 Å². The van der Waals surface area contributed by atoms with Gasteiger partial charge in [-0.05, 0) is 51.1 Å². The normalized spacial score (nSPS) is 13.4. The first-order chi connectivity index (χ1) is 10.3. The molecule has 0 aromatic heterocycles. The number of nitrogens with zero attached hydrogens (tertiary/aromatic N) is 1. The van der Waals surface area contributed by atoms with Crippen molar-refractivity contribution in [3.63, 3.8) is 0 Å². The lowest BCUT2D eigenvalue weighted by Crippen LogP contribution is -2.30. The molecule has 1 unspecified atom stereocenters. The molecule has 0 amide bonds. The summed E-state index contributed by atoms with van der Waals surface area (Å²) in [7, 11) is 0. The van der Waals surface area contributed by atoms with Crippen LogP contribution in [0.3, 0.4) is 0 Å². The molecule has 21 heavy (non-hydrogen) atoms. The molecule has 0 rings (SSSR count). The quantitative estimate of drug-likeness (QED) is 0.248. The summed E-state index contributed by atoms with van der Waals surface area (Å²) in [6.07, 6.45) is 18.3. The zero-order chi connectivity index (χ0) is 15.8. The Bertz CT molecular complexity index is 214. The molecule has 0 aliphatic carbocycles. The fourth-order valence-electron chi connectivity index (χ4n) is 2.69. The first-order valence-electron chi connectivity index (χ1n) is 9.67. The third-order valence-corrected chi connectivity index (χ3v) is 4.31. The summed E-state index contributed by atoms with van der Waals surface area (Å²) >= 11 is 0. The molecule has 0 aliphatic heterocycles. The van der Waals surface area contributed by atoms with Gasteiger partial charge in [0.05, 0.1) is 0 Å². The van der Waals surface area contributed by atoms with E-state index in [1.165, 1.54) is 83.8 Å². The number of unbranched alkanes of at least 4 members (excludes halogenated alkanes) is 6. The van der Waals surface area contributed by atoms with Crippen molar-refractivity contribution in [1.82, 2.24) is 4.90 Å². The summed E-state index contributed by atoms with van der Waals surface area (Å²) in [5, 5.41) is 0. The van der Waals surface area contributed by atoms with E-state index < -0.39 is 0 Å². The van der Waals surface area contributed by atoms with Crippen molar-refractivity contribution < 1.29 is 0 Å². The van der Waals surface area contributed by atoms with Crippen LogP contribution in [0.1, 0.15) is 91.9 Å². The Balaban J connectivity index is 4.05. The van der Waals surface area contributed by atoms with Gasteiger partial charge in [0.2, 0.25) is 0 Å². The van der Waals surface area contributed by atoms with Crippen molar-refractivity contribution in [2.75, 3.05) is 19.6 Å². The van der Waals surface area contributed by atoms with Crippen LogP contribution >= 0.6 is 0 Å². The lowest BCUT2D eigenvalue weighted by Gasteiger charge is -2.25. The van der Waals surface area contributed by atoms with Crippen molar-refractivity contribution in [3.8, 4) is 0 Å². The fourth-order valence-corrected chi connectivity index (χ4v) is 2.69. The van der Waals surface area contributed by atoms with E-state index in [0.29, 0.717) is 0 Å². The van der Waals surface area contributed by atoms with Crippen LogP contribution in [-0.2, 0) is 0 Å². The van der Waals surface area contributed by atoms with Crippen LogP contribution in [0.15, 0.2) is 12.2 Å². The van der Waals surface area contributed by atoms with Gasteiger partial charge in [0.25, 0.3) is 0 Å². The summed E-state index contributed by atoms with van der Waals surface area (Å²) in [5.74, 6) is 0.755. The van der Waals surface area contributed by atoms with E-state index in [2.05, 4.69) is 44.7 Å². The Labute approximate surface area is 135 Å². The van der Waals surface area contributed by atoms with Crippen LogP contribution < -0.4 is 0 Å². The zero-order valence-electron chi connectivity index (χ0n) is 15.4. The Hall–Kier alpha value is -0.300. The minimum Gasteiger partial charge on any atom is -0.303 e. The minimum atomic E-state index is 0.755. The molecule has 0 spiro atoms. The van der Waals surface area contributed by atoms with Crippen LogP contribution in [0.25, 0.3) is 0 Å². The summed E-state index contributed by atoms with van der Waals surface area (Å²) < 4.78 is 0. The number of rotatable bonds is 15. The van der Waals surface area contributed by atoms with Crippen molar-refractivity contribution in [2.24, 2.45) is 5.92 Å². The molecule has 0 aliphatic rings. The Kier molecular flexibility index (Phi) is 15.8. The van der Waals surface area contributed by atoms with Crippen LogP contribution in [0.5, 0.6) is 0 Å². The van der Waals surface area contributed by atoms with Gasteiger partial charge in [0, 0.05) is 6.54 Å². The number of allylic oxidation sites excluding steroid dienone is 1. The molecule has 1 atom stereocenters. The lowest BCUT2D eigenvalue weighted by atomic mass is 10.0. The molecular weight excluding hydrogens is 254 g/mol. The van der Waals surface area contributed by atoms with Gasteiger partial charge in [0.1, 0.15) is 0 Å². The smallest absolute Gasteiger partial charge is 0.00442 e. The van der Waals surface area contributed by atoms with Gasteiger partial charge >= 0.3 is 0 Å².